The summed E-state index contributed by atoms with van der Waals surface area (Å²) in [6.45, 7) is 3.01. The van der Waals surface area contributed by atoms with Gasteiger partial charge in [0.15, 0.2) is 0 Å². The number of esters is 1. The molecule has 1 N–H and O–H groups in total. The summed E-state index contributed by atoms with van der Waals surface area (Å²) in [6, 6.07) is 7.20. The van der Waals surface area contributed by atoms with Gasteiger partial charge in [-0.1, -0.05) is 43.9 Å². The van der Waals surface area contributed by atoms with Crippen molar-refractivity contribution in [1.29, 1.82) is 0 Å². The van der Waals surface area contributed by atoms with E-state index >= 15 is 0 Å². The van der Waals surface area contributed by atoms with E-state index in [1.54, 1.807) is 12.1 Å². The summed E-state index contributed by atoms with van der Waals surface area (Å²) < 4.78 is 9.81. The molecule has 0 aliphatic heterocycles. The first-order valence-electron chi connectivity index (χ1n) is 10.0. The monoisotopic (exact) mass is 498 g/mol. The van der Waals surface area contributed by atoms with Crippen molar-refractivity contribution in [2.45, 2.75) is 57.9 Å². The SMILES string of the molecule is Cc1n(CCOC(=O)C(c2ccccc2O)C2CCCCCC2)cc[n+]1C.[I-]. The maximum Gasteiger partial charge on any atom is 0.313 e. The van der Waals surface area contributed by atoms with Crippen LogP contribution in [0.3, 0.4) is 0 Å². The molecule has 6 heteroatoms. The molecule has 28 heavy (non-hydrogen) atoms. The fraction of sp³-hybridized carbons (Fsp3) is 0.545. The second-order valence-corrected chi connectivity index (χ2v) is 7.61. The molecule has 3 rings (SSSR count). The lowest BCUT2D eigenvalue weighted by Gasteiger charge is -2.25. The molecule has 1 aromatic heterocycles. The third-order valence-electron chi connectivity index (χ3n) is 5.87. The summed E-state index contributed by atoms with van der Waals surface area (Å²) in [5.41, 5.74) is 0.706. The van der Waals surface area contributed by atoms with E-state index in [9.17, 15) is 9.90 Å². The fourth-order valence-electron chi connectivity index (χ4n) is 4.14. The average Bonchev–Trinajstić information content (AvgIpc) is 2.86. The summed E-state index contributed by atoms with van der Waals surface area (Å²) in [5.74, 6) is 0.951. The molecule has 0 saturated heterocycles. The van der Waals surface area contributed by atoms with Gasteiger partial charge in [-0.15, -0.1) is 0 Å². The van der Waals surface area contributed by atoms with Gasteiger partial charge in [-0.05, 0) is 24.8 Å². The molecule has 1 aliphatic carbocycles. The predicted octanol–water partition coefficient (Wildman–Crippen LogP) is 0.628. The zero-order valence-corrected chi connectivity index (χ0v) is 19.0. The third kappa shape index (κ3) is 5.49. The van der Waals surface area contributed by atoms with E-state index in [1.807, 2.05) is 43.1 Å². The van der Waals surface area contributed by atoms with Crippen LogP contribution in [0, 0.1) is 12.8 Å². The van der Waals surface area contributed by atoms with Crippen LogP contribution >= 0.6 is 0 Å². The van der Waals surface area contributed by atoms with Gasteiger partial charge in [0.2, 0.25) is 0 Å². The molecule has 1 heterocycles. The van der Waals surface area contributed by atoms with Gasteiger partial charge >= 0.3 is 5.97 Å². The number of halogens is 1. The zero-order valence-electron chi connectivity index (χ0n) is 16.8. The van der Waals surface area contributed by atoms with Crippen molar-refractivity contribution in [2.75, 3.05) is 6.61 Å². The second-order valence-electron chi connectivity index (χ2n) is 7.61. The topological polar surface area (TPSA) is 55.3 Å². The van der Waals surface area contributed by atoms with Gasteiger partial charge in [0.25, 0.3) is 5.82 Å². The van der Waals surface area contributed by atoms with Crippen LogP contribution < -0.4 is 28.5 Å². The largest absolute Gasteiger partial charge is 1.00 e. The van der Waals surface area contributed by atoms with Crippen LogP contribution in [0.25, 0.3) is 0 Å². The number of aromatic nitrogens is 2. The molecule has 0 spiro atoms. The molecule has 2 aromatic rings. The molecular formula is C22H31IN2O3. The number of carbonyl (C=O) groups is 1. The number of ether oxygens (including phenoxy) is 1. The number of aromatic hydroxyl groups is 1. The first-order valence-corrected chi connectivity index (χ1v) is 10.0. The molecule has 0 radical (unpaired) electrons. The number of phenolic OH excluding ortho intramolecular Hbond substituents is 1. The van der Waals surface area contributed by atoms with E-state index in [0.29, 0.717) is 18.7 Å². The summed E-state index contributed by atoms with van der Waals surface area (Å²) in [6.07, 6.45) is 10.7. The predicted molar refractivity (Wildman–Crippen MR) is 103 cm³/mol. The number of carbonyl (C=O) groups excluding carboxylic acids is 1. The Labute approximate surface area is 184 Å². The Hall–Kier alpha value is -1.57. The van der Waals surface area contributed by atoms with Gasteiger partial charge < -0.3 is 33.8 Å². The van der Waals surface area contributed by atoms with E-state index in [2.05, 4.69) is 4.57 Å². The van der Waals surface area contributed by atoms with Gasteiger partial charge in [-0.3, -0.25) is 4.79 Å². The van der Waals surface area contributed by atoms with Crippen LogP contribution in [0.5, 0.6) is 5.75 Å². The quantitative estimate of drug-likeness (QED) is 0.275. The Morgan fingerprint density at radius 3 is 2.54 bits per heavy atom. The standard InChI is InChI=1S/C22H30N2O3.HI/c1-17-23(2)13-14-24(17)15-16-27-22(26)21(18-9-5-3-4-6-10-18)19-11-7-8-12-20(19)25;/h7-8,11-14,18,21H,3-6,9-10,15-16H2,1-2H3;1H. The van der Waals surface area contributed by atoms with E-state index in [-0.39, 0.29) is 47.5 Å². The number of imidazole rings is 1. The van der Waals surface area contributed by atoms with Crippen molar-refractivity contribution in [3.63, 3.8) is 0 Å². The van der Waals surface area contributed by atoms with Crippen molar-refractivity contribution in [2.24, 2.45) is 13.0 Å². The second kappa shape index (κ2) is 10.8. The molecule has 5 nitrogen and oxygen atoms in total. The number of benzene rings is 1. The smallest absolute Gasteiger partial charge is 0.313 e. The molecule has 1 fully saturated rings. The van der Waals surface area contributed by atoms with Gasteiger partial charge in [0.05, 0.1) is 13.0 Å². The lowest BCUT2D eigenvalue weighted by atomic mass is 9.81. The van der Waals surface area contributed by atoms with E-state index in [0.717, 1.165) is 31.5 Å². The molecule has 0 amide bonds. The van der Waals surface area contributed by atoms with Crippen LogP contribution in [0.4, 0.5) is 0 Å². The van der Waals surface area contributed by atoms with Crippen molar-refractivity contribution >= 4 is 5.97 Å². The van der Waals surface area contributed by atoms with E-state index in [4.69, 9.17) is 4.74 Å². The Morgan fingerprint density at radius 1 is 1.25 bits per heavy atom. The summed E-state index contributed by atoms with van der Waals surface area (Å²) in [4.78, 5) is 13.0. The molecule has 1 unspecified atom stereocenters. The van der Waals surface area contributed by atoms with E-state index in [1.165, 1.54) is 12.8 Å². The first kappa shape index (κ1) is 22.7. The number of para-hydroxylation sites is 1. The number of phenols is 1. The highest BCUT2D eigenvalue weighted by Crippen LogP contribution is 2.39. The third-order valence-corrected chi connectivity index (χ3v) is 5.87. The molecule has 0 bridgehead atoms. The van der Waals surface area contributed by atoms with Crippen molar-refractivity contribution in [3.05, 3.63) is 48.0 Å². The van der Waals surface area contributed by atoms with Gasteiger partial charge in [-0.25, -0.2) is 9.13 Å². The van der Waals surface area contributed by atoms with Gasteiger partial charge in [0, 0.05) is 12.5 Å². The van der Waals surface area contributed by atoms with Crippen LogP contribution in [0.1, 0.15) is 55.8 Å². The maximum absolute atomic E-state index is 13.0. The number of rotatable bonds is 6. The molecule has 1 atom stereocenters. The minimum Gasteiger partial charge on any atom is -1.00 e. The van der Waals surface area contributed by atoms with E-state index < -0.39 is 0 Å². The van der Waals surface area contributed by atoms with Crippen LogP contribution in [0.15, 0.2) is 36.7 Å². The van der Waals surface area contributed by atoms with Crippen molar-refractivity contribution in [3.8, 4) is 5.75 Å². The average molecular weight is 498 g/mol. The zero-order chi connectivity index (χ0) is 19.2. The number of hydrogen-bond donors (Lipinski definition) is 1. The maximum atomic E-state index is 13.0. The highest BCUT2D eigenvalue weighted by Gasteiger charge is 2.33. The summed E-state index contributed by atoms with van der Waals surface area (Å²) in [5, 5.41) is 10.4. The lowest BCUT2D eigenvalue weighted by molar-refractivity contribution is -0.677. The van der Waals surface area contributed by atoms with Gasteiger partial charge in [-0.2, -0.15) is 0 Å². The molecule has 1 saturated carbocycles. The van der Waals surface area contributed by atoms with Crippen LogP contribution in [0.2, 0.25) is 0 Å². The molecule has 154 valence electrons. The van der Waals surface area contributed by atoms with Crippen molar-refractivity contribution in [1.82, 2.24) is 4.57 Å². The number of hydrogen-bond acceptors (Lipinski definition) is 3. The highest BCUT2D eigenvalue weighted by atomic mass is 127. The molecule has 1 aliphatic rings. The number of nitrogens with zero attached hydrogens (tertiary/aromatic N) is 2. The molecular weight excluding hydrogens is 467 g/mol. The Bertz CT molecular complexity index is 767. The summed E-state index contributed by atoms with van der Waals surface area (Å²) in [7, 11) is 2.00. The molecule has 1 aromatic carbocycles. The lowest BCUT2D eigenvalue weighted by Crippen LogP contribution is -3.00. The minimum atomic E-state index is -0.383. The Balaban J connectivity index is 0.00000280. The fourth-order valence-corrected chi connectivity index (χ4v) is 4.14. The summed E-state index contributed by atoms with van der Waals surface area (Å²) >= 11 is 0. The normalized spacial score (nSPS) is 16.1. The highest BCUT2D eigenvalue weighted by molar-refractivity contribution is 5.79. The number of aryl methyl sites for hydroxylation is 1. The Morgan fingerprint density at radius 2 is 1.93 bits per heavy atom. The van der Waals surface area contributed by atoms with Crippen LogP contribution in [-0.4, -0.2) is 22.2 Å². The first-order chi connectivity index (χ1) is 13.1. The Kier molecular flexibility index (Phi) is 8.79. The van der Waals surface area contributed by atoms with Gasteiger partial charge in [0.1, 0.15) is 31.3 Å². The van der Waals surface area contributed by atoms with Crippen LogP contribution in [-0.2, 0) is 23.1 Å². The minimum absolute atomic E-state index is 0. The van der Waals surface area contributed by atoms with Crippen molar-refractivity contribution < 1.29 is 43.2 Å².